The highest BCUT2D eigenvalue weighted by atomic mass is 16.6. The van der Waals surface area contributed by atoms with Gasteiger partial charge in [0.15, 0.2) is 11.5 Å². The summed E-state index contributed by atoms with van der Waals surface area (Å²) < 4.78 is 10.7. The molecule has 0 heterocycles. The fourth-order valence-corrected chi connectivity index (χ4v) is 2.85. The number of hydrazone groups is 1. The molecule has 0 bridgehead atoms. The molecule has 0 fully saturated rings. The first-order valence-electron chi connectivity index (χ1n) is 10.0. The van der Waals surface area contributed by atoms with Crippen molar-refractivity contribution in [2.45, 2.75) is 13.8 Å². The highest BCUT2D eigenvalue weighted by Crippen LogP contribution is 2.28. The normalized spacial score (nSPS) is 10.5. The van der Waals surface area contributed by atoms with E-state index in [1.807, 2.05) is 26.0 Å². The van der Waals surface area contributed by atoms with E-state index in [2.05, 4.69) is 15.8 Å². The second-order valence-electron chi connectivity index (χ2n) is 7.14. The number of amides is 2. The molecule has 0 radical (unpaired) electrons. The minimum atomic E-state index is -0.910. The predicted molar refractivity (Wildman–Crippen MR) is 125 cm³/mol. The number of esters is 1. The van der Waals surface area contributed by atoms with E-state index in [1.54, 1.807) is 54.6 Å². The van der Waals surface area contributed by atoms with Crippen LogP contribution in [0.5, 0.6) is 11.5 Å². The Labute approximate surface area is 191 Å². The molecule has 168 valence electrons. The number of carbonyl (C=O) groups is 3. The van der Waals surface area contributed by atoms with E-state index in [4.69, 9.17) is 9.47 Å². The fourth-order valence-electron chi connectivity index (χ4n) is 2.85. The molecule has 3 aromatic rings. The Hall–Kier alpha value is -4.46. The van der Waals surface area contributed by atoms with Gasteiger partial charge in [-0.15, -0.1) is 0 Å². The average molecular weight is 445 g/mol. The minimum Gasteiger partial charge on any atom is -0.493 e. The van der Waals surface area contributed by atoms with Crippen LogP contribution in [0.25, 0.3) is 0 Å². The van der Waals surface area contributed by atoms with Crippen LogP contribution in [-0.4, -0.2) is 31.1 Å². The summed E-state index contributed by atoms with van der Waals surface area (Å²) in [4.78, 5) is 36.4. The molecule has 0 saturated carbocycles. The van der Waals surface area contributed by atoms with Crippen LogP contribution in [0.3, 0.4) is 0 Å². The first-order valence-corrected chi connectivity index (χ1v) is 10.0. The summed E-state index contributed by atoms with van der Waals surface area (Å²) >= 11 is 0. The average Bonchev–Trinajstić information content (AvgIpc) is 2.82. The highest BCUT2D eigenvalue weighted by Gasteiger charge is 2.15. The first-order chi connectivity index (χ1) is 15.9. The highest BCUT2D eigenvalue weighted by molar-refractivity contribution is 6.39. The third kappa shape index (κ3) is 6.27. The van der Waals surface area contributed by atoms with E-state index in [0.29, 0.717) is 22.6 Å². The summed E-state index contributed by atoms with van der Waals surface area (Å²) in [7, 11) is 1.44. The molecule has 0 aliphatic rings. The van der Waals surface area contributed by atoms with Crippen molar-refractivity contribution in [1.82, 2.24) is 5.43 Å². The molecule has 8 nitrogen and oxygen atoms in total. The number of nitrogens with one attached hydrogen (secondary N) is 2. The number of ether oxygens (including phenoxy) is 2. The van der Waals surface area contributed by atoms with Crippen molar-refractivity contribution < 1.29 is 23.9 Å². The molecule has 2 amide bonds. The lowest BCUT2D eigenvalue weighted by Gasteiger charge is -2.10. The van der Waals surface area contributed by atoms with Gasteiger partial charge in [-0.1, -0.05) is 30.3 Å². The van der Waals surface area contributed by atoms with Crippen molar-refractivity contribution in [3.63, 3.8) is 0 Å². The maximum atomic E-state index is 12.3. The zero-order valence-electron chi connectivity index (χ0n) is 18.4. The third-order valence-electron chi connectivity index (χ3n) is 4.63. The number of methoxy groups -OCH3 is 1. The molecule has 0 aliphatic heterocycles. The monoisotopic (exact) mass is 445 g/mol. The van der Waals surface area contributed by atoms with Crippen molar-refractivity contribution >= 4 is 29.7 Å². The minimum absolute atomic E-state index is 0.237. The molecule has 3 aromatic carbocycles. The summed E-state index contributed by atoms with van der Waals surface area (Å²) in [6.45, 7) is 3.72. The van der Waals surface area contributed by atoms with Gasteiger partial charge < -0.3 is 14.8 Å². The summed E-state index contributed by atoms with van der Waals surface area (Å²) in [6.07, 6.45) is 1.34. The predicted octanol–water partition coefficient (Wildman–Crippen LogP) is 3.62. The molecule has 8 heteroatoms. The van der Waals surface area contributed by atoms with Gasteiger partial charge in [0.1, 0.15) is 0 Å². The third-order valence-corrected chi connectivity index (χ3v) is 4.63. The van der Waals surface area contributed by atoms with Crippen LogP contribution in [0.2, 0.25) is 0 Å². The van der Waals surface area contributed by atoms with Crippen LogP contribution in [0.15, 0.2) is 71.8 Å². The Morgan fingerprint density at radius 1 is 0.879 bits per heavy atom. The number of benzene rings is 3. The largest absolute Gasteiger partial charge is 0.493 e. The van der Waals surface area contributed by atoms with Crippen LogP contribution >= 0.6 is 0 Å². The number of anilines is 1. The van der Waals surface area contributed by atoms with Gasteiger partial charge in [-0.25, -0.2) is 10.2 Å². The Morgan fingerprint density at radius 3 is 2.36 bits per heavy atom. The Kier molecular flexibility index (Phi) is 7.54. The molecule has 0 aliphatic carbocycles. The van der Waals surface area contributed by atoms with E-state index in [1.165, 1.54) is 13.3 Å². The summed E-state index contributed by atoms with van der Waals surface area (Å²) in [5.74, 6) is -1.71. The van der Waals surface area contributed by atoms with Gasteiger partial charge in [0.05, 0.1) is 18.9 Å². The van der Waals surface area contributed by atoms with Gasteiger partial charge in [-0.05, 0) is 66.9 Å². The number of hydrogen-bond donors (Lipinski definition) is 2. The van der Waals surface area contributed by atoms with E-state index in [0.717, 1.165) is 11.1 Å². The zero-order chi connectivity index (χ0) is 23.8. The van der Waals surface area contributed by atoms with Crippen molar-refractivity contribution in [3.8, 4) is 11.5 Å². The second kappa shape index (κ2) is 10.7. The van der Waals surface area contributed by atoms with Gasteiger partial charge in [0.25, 0.3) is 0 Å². The van der Waals surface area contributed by atoms with Gasteiger partial charge in [-0.3, -0.25) is 9.59 Å². The van der Waals surface area contributed by atoms with Crippen molar-refractivity contribution in [1.29, 1.82) is 0 Å². The molecule has 33 heavy (non-hydrogen) atoms. The smallest absolute Gasteiger partial charge is 0.343 e. The van der Waals surface area contributed by atoms with Crippen LogP contribution in [0.1, 0.15) is 27.0 Å². The Morgan fingerprint density at radius 2 is 1.64 bits per heavy atom. The maximum Gasteiger partial charge on any atom is 0.343 e. The van der Waals surface area contributed by atoms with Crippen molar-refractivity contribution in [2.24, 2.45) is 5.10 Å². The number of hydrogen-bond acceptors (Lipinski definition) is 6. The molecule has 0 spiro atoms. The fraction of sp³-hybridized carbons (Fsp3) is 0.120. The topological polar surface area (TPSA) is 106 Å². The lowest BCUT2D eigenvalue weighted by Crippen LogP contribution is -2.32. The molecule has 3 rings (SSSR count). The molecular weight excluding hydrogens is 422 g/mol. The summed E-state index contributed by atoms with van der Waals surface area (Å²) in [5, 5.41) is 6.37. The number of rotatable bonds is 6. The Balaban J connectivity index is 1.61. The maximum absolute atomic E-state index is 12.3. The quantitative estimate of drug-likeness (QED) is 0.198. The zero-order valence-corrected chi connectivity index (χ0v) is 18.4. The molecule has 0 atom stereocenters. The van der Waals surface area contributed by atoms with Crippen LogP contribution in [0, 0.1) is 13.8 Å². The molecule has 0 aromatic heterocycles. The molecule has 0 saturated heterocycles. The lowest BCUT2D eigenvalue weighted by molar-refractivity contribution is -0.136. The number of carbonyl (C=O) groups excluding carboxylic acids is 3. The van der Waals surface area contributed by atoms with E-state index in [-0.39, 0.29) is 5.75 Å². The summed E-state index contributed by atoms with van der Waals surface area (Å²) in [6, 6.07) is 18.9. The SMILES string of the molecule is COc1cc(/C=N/NC(=O)C(=O)Nc2cc(C)ccc2C)ccc1OC(=O)c1ccccc1. The van der Waals surface area contributed by atoms with Crippen molar-refractivity contribution in [3.05, 3.63) is 89.0 Å². The van der Waals surface area contributed by atoms with Crippen molar-refractivity contribution in [2.75, 3.05) is 12.4 Å². The van der Waals surface area contributed by atoms with Gasteiger partial charge >= 0.3 is 17.8 Å². The summed E-state index contributed by atoms with van der Waals surface area (Å²) in [5.41, 5.74) is 5.51. The van der Waals surface area contributed by atoms with Gasteiger partial charge in [0, 0.05) is 5.69 Å². The lowest BCUT2D eigenvalue weighted by atomic mass is 10.1. The number of aryl methyl sites for hydroxylation is 2. The second-order valence-corrected chi connectivity index (χ2v) is 7.14. The molecule has 2 N–H and O–H groups in total. The first kappa shape index (κ1) is 23.2. The van der Waals surface area contributed by atoms with E-state index >= 15 is 0 Å². The number of nitrogens with zero attached hydrogens (tertiary/aromatic N) is 1. The van der Waals surface area contributed by atoms with Gasteiger partial charge in [-0.2, -0.15) is 5.10 Å². The van der Waals surface area contributed by atoms with Crippen LogP contribution in [0.4, 0.5) is 5.69 Å². The van der Waals surface area contributed by atoms with Crippen LogP contribution in [-0.2, 0) is 9.59 Å². The van der Waals surface area contributed by atoms with Crippen LogP contribution < -0.4 is 20.2 Å². The molecule has 0 unspecified atom stereocenters. The standard InChI is InChI=1S/C25H23N3O5/c1-16-9-10-17(2)20(13-16)27-23(29)24(30)28-26-15-18-11-12-21(22(14-18)32-3)33-25(31)19-7-5-4-6-8-19/h4-15H,1-3H3,(H,27,29)(H,28,30)/b26-15+. The molecular formula is C25H23N3O5. The Bertz CT molecular complexity index is 1210. The van der Waals surface area contributed by atoms with E-state index in [9.17, 15) is 14.4 Å². The van der Waals surface area contributed by atoms with E-state index < -0.39 is 17.8 Å². The van der Waals surface area contributed by atoms with Gasteiger partial charge in [0.2, 0.25) is 0 Å².